The molecule has 2 N–H and O–H groups in total. The Kier molecular flexibility index (Phi) is 5.02. The van der Waals surface area contributed by atoms with Crippen LogP contribution in [0.4, 0.5) is 0 Å². The van der Waals surface area contributed by atoms with Crippen molar-refractivity contribution in [3.8, 4) is 0 Å². The van der Waals surface area contributed by atoms with Crippen LogP contribution in [0.3, 0.4) is 0 Å². The Morgan fingerprint density at radius 1 is 1.40 bits per heavy atom. The van der Waals surface area contributed by atoms with Gasteiger partial charge in [0.15, 0.2) is 0 Å². The highest BCUT2D eigenvalue weighted by Gasteiger charge is 2.17. The molecule has 1 aliphatic carbocycles. The summed E-state index contributed by atoms with van der Waals surface area (Å²) in [5, 5.41) is 3.35. The van der Waals surface area contributed by atoms with Gasteiger partial charge in [0.2, 0.25) is 0 Å². The van der Waals surface area contributed by atoms with E-state index in [1.54, 1.807) is 0 Å². The van der Waals surface area contributed by atoms with Gasteiger partial charge in [-0.05, 0) is 31.7 Å². The summed E-state index contributed by atoms with van der Waals surface area (Å²) >= 11 is 0. The summed E-state index contributed by atoms with van der Waals surface area (Å²) in [4.78, 5) is 0. The number of hydrogen-bond donors (Lipinski definition) is 2. The van der Waals surface area contributed by atoms with Gasteiger partial charge in [-0.25, -0.2) is 0 Å². The molecule has 0 aromatic carbocycles. The van der Waals surface area contributed by atoms with Crippen LogP contribution in [0.5, 0.6) is 0 Å². The van der Waals surface area contributed by atoms with E-state index in [9.17, 15) is 8.42 Å². The quantitative estimate of drug-likeness (QED) is 0.559. The molecule has 90 valence electrons. The van der Waals surface area contributed by atoms with Crippen molar-refractivity contribution >= 4 is 10.1 Å². The van der Waals surface area contributed by atoms with Crippen molar-refractivity contribution in [2.45, 2.75) is 45.1 Å². The van der Waals surface area contributed by atoms with E-state index in [1.165, 1.54) is 25.7 Å². The molecule has 2 atom stereocenters. The van der Waals surface area contributed by atoms with Gasteiger partial charge in [-0.1, -0.05) is 19.8 Å². The summed E-state index contributed by atoms with van der Waals surface area (Å²) < 4.78 is 29.5. The van der Waals surface area contributed by atoms with Crippen LogP contribution in [0.15, 0.2) is 0 Å². The zero-order valence-electron chi connectivity index (χ0n) is 9.28. The molecule has 15 heavy (non-hydrogen) atoms. The van der Waals surface area contributed by atoms with Crippen LogP contribution in [-0.4, -0.2) is 31.3 Å². The molecule has 0 aliphatic heterocycles. The maximum absolute atomic E-state index is 10.5. The molecule has 0 radical (unpaired) electrons. The first kappa shape index (κ1) is 12.9. The lowest BCUT2D eigenvalue weighted by Crippen LogP contribution is -2.34. The third kappa shape index (κ3) is 6.12. The fraction of sp³-hybridized carbons (Fsp3) is 1.00. The van der Waals surface area contributed by atoms with Crippen molar-refractivity contribution in [3.05, 3.63) is 0 Å². The fourth-order valence-corrected chi connectivity index (χ4v) is 2.69. The molecule has 0 aromatic heterocycles. The molecule has 0 bridgehead atoms. The maximum Gasteiger partial charge on any atom is 0.264 e. The third-order valence-corrected chi connectivity index (χ3v) is 3.75. The lowest BCUT2D eigenvalue weighted by molar-refractivity contribution is 0.302. The van der Waals surface area contributed by atoms with Gasteiger partial charge in [-0.2, -0.15) is 8.42 Å². The third-order valence-electron chi connectivity index (χ3n) is 2.95. The summed E-state index contributed by atoms with van der Waals surface area (Å²) in [5.74, 6) is 0.639. The molecular weight excluding hydrogens is 214 g/mol. The van der Waals surface area contributed by atoms with Crippen LogP contribution in [0, 0.1) is 5.92 Å². The summed E-state index contributed by atoms with van der Waals surface area (Å²) in [7, 11) is -3.78. The highest BCUT2D eigenvalue weighted by Crippen LogP contribution is 2.23. The average molecular weight is 235 g/mol. The number of hydrogen-bond acceptors (Lipinski definition) is 3. The minimum absolute atomic E-state index is 0.137. The summed E-state index contributed by atoms with van der Waals surface area (Å²) in [6.45, 7) is 2.93. The van der Waals surface area contributed by atoms with E-state index >= 15 is 0 Å². The van der Waals surface area contributed by atoms with Gasteiger partial charge in [0.1, 0.15) is 0 Å². The van der Waals surface area contributed by atoms with Gasteiger partial charge in [-0.3, -0.25) is 4.55 Å². The second-order valence-corrected chi connectivity index (χ2v) is 6.13. The van der Waals surface area contributed by atoms with Crippen molar-refractivity contribution in [1.82, 2.24) is 5.32 Å². The van der Waals surface area contributed by atoms with Gasteiger partial charge >= 0.3 is 0 Å². The molecule has 5 heteroatoms. The van der Waals surface area contributed by atoms with E-state index in [1.807, 2.05) is 0 Å². The van der Waals surface area contributed by atoms with Gasteiger partial charge in [0.05, 0.1) is 5.75 Å². The van der Waals surface area contributed by atoms with Gasteiger partial charge in [-0.15, -0.1) is 0 Å². The summed E-state index contributed by atoms with van der Waals surface area (Å²) in [5.41, 5.74) is 0. The smallest absolute Gasteiger partial charge is 0.264 e. The van der Waals surface area contributed by atoms with Gasteiger partial charge in [0, 0.05) is 6.04 Å². The number of rotatable bonds is 5. The predicted octanol–water partition coefficient (Wildman–Crippen LogP) is 1.43. The highest BCUT2D eigenvalue weighted by atomic mass is 32.2. The van der Waals surface area contributed by atoms with E-state index in [0.29, 0.717) is 19.0 Å². The molecule has 1 aliphatic rings. The first-order valence-electron chi connectivity index (χ1n) is 5.66. The Bertz CT molecular complexity index is 276. The van der Waals surface area contributed by atoms with Crippen molar-refractivity contribution in [3.63, 3.8) is 0 Å². The van der Waals surface area contributed by atoms with E-state index < -0.39 is 10.1 Å². The predicted molar refractivity (Wildman–Crippen MR) is 60.5 cm³/mol. The first-order valence-corrected chi connectivity index (χ1v) is 7.27. The standard InChI is InChI=1S/C10H21NO3S/c1-9-4-2-5-10(8-9)11-6-3-7-15(12,13)14/h9-11H,2-8H2,1H3,(H,12,13,14). The first-order chi connectivity index (χ1) is 6.97. The fourth-order valence-electron chi connectivity index (χ4n) is 2.18. The molecule has 0 heterocycles. The Balaban J connectivity index is 2.09. The van der Waals surface area contributed by atoms with E-state index in [0.717, 1.165) is 5.92 Å². The minimum atomic E-state index is -3.78. The van der Waals surface area contributed by atoms with Crippen LogP contribution in [0.2, 0.25) is 0 Å². The second kappa shape index (κ2) is 5.82. The largest absolute Gasteiger partial charge is 0.314 e. The normalized spacial score (nSPS) is 27.9. The minimum Gasteiger partial charge on any atom is -0.314 e. The summed E-state index contributed by atoms with van der Waals surface area (Å²) in [6.07, 6.45) is 5.44. The highest BCUT2D eigenvalue weighted by molar-refractivity contribution is 7.85. The van der Waals surface area contributed by atoms with Crippen molar-refractivity contribution in [2.75, 3.05) is 12.3 Å². The lowest BCUT2D eigenvalue weighted by Gasteiger charge is -2.27. The molecule has 1 fully saturated rings. The Morgan fingerprint density at radius 2 is 2.13 bits per heavy atom. The van der Waals surface area contributed by atoms with Crippen LogP contribution < -0.4 is 5.32 Å². The Morgan fingerprint density at radius 3 is 2.73 bits per heavy atom. The van der Waals surface area contributed by atoms with Gasteiger partial charge < -0.3 is 5.32 Å². The molecule has 0 saturated heterocycles. The Hall–Kier alpha value is -0.130. The van der Waals surface area contributed by atoms with Crippen LogP contribution in [-0.2, 0) is 10.1 Å². The topological polar surface area (TPSA) is 66.4 Å². The van der Waals surface area contributed by atoms with E-state index in [2.05, 4.69) is 12.2 Å². The van der Waals surface area contributed by atoms with Crippen LogP contribution >= 0.6 is 0 Å². The molecule has 0 spiro atoms. The number of nitrogens with one attached hydrogen (secondary N) is 1. The second-order valence-electron chi connectivity index (χ2n) is 4.56. The molecule has 1 saturated carbocycles. The van der Waals surface area contributed by atoms with Gasteiger partial charge in [0.25, 0.3) is 10.1 Å². The molecule has 0 aromatic rings. The monoisotopic (exact) mass is 235 g/mol. The van der Waals surface area contributed by atoms with Crippen molar-refractivity contribution < 1.29 is 13.0 Å². The molecular formula is C10H21NO3S. The van der Waals surface area contributed by atoms with Crippen molar-refractivity contribution in [2.24, 2.45) is 5.92 Å². The molecule has 2 unspecified atom stereocenters. The molecule has 0 amide bonds. The van der Waals surface area contributed by atoms with E-state index in [4.69, 9.17) is 4.55 Å². The van der Waals surface area contributed by atoms with E-state index in [-0.39, 0.29) is 5.75 Å². The SMILES string of the molecule is CC1CCCC(NCCCS(=O)(=O)O)C1. The van der Waals surface area contributed by atoms with Crippen LogP contribution in [0.1, 0.15) is 39.0 Å². The molecule has 4 nitrogen and oxygen atoms in total. The zero-order valence-corrected chi connectivity index (χ0v) is 10.1. The lowest BCUT2D eigenvalue weighted by atomic mass is 9.87. The Labute approximate surface area is 92.2 Å². The zero-order chi connectivity index (χ0) is 11.3. The maximum atomic E-state index is 10.5. The van der Waals surface area contributed by atoms with Crippen molar-refractivity contribution in [1.29, 1.82) is 0 Å². The molecule has 1 rings (SSSR count). The average Bonchev–Trinajstić information content (AvgIpc) is 2.11. The summed E-state index contributed by atoms with van der Waals surface area (Å²) in [6, 6.07) is 0.537. The van der Waals surface area contributed by atoms with Crippen LogP contribution in [0.25, 0.3) is 0 Å².